The summed E-state index contributed by atoms with van der Waals surface area (Å²) in [7, 11) is 0. The van der Waals surface area contributed by atoms with Gasteiger partial charge in [-0.15, -0.1) is 0 Å². The van der Waals surface area contributed by atoms with E-state index in [1.165, 1.54) is 10.9 Å². The Morgan fingerprint density at radius 1 is 1.00 bits per heavy atom. The maximum absolute atomic E-state index is 9.29. The molecule has 0 aliphatic rings. The molecule has 1 heterocycles. The zero-order valence-electron chi connectivity index (χ0n) is 12.1. The van der Waals surface area contributed by atoms with Crippen molar-refractivity contribution in [1.29, 1.82) is 0 Å². The van der Waals surface area contributed by atoms with Crippen LogP contribution in [0.2, 0.25) is 0 Å². The topological polar surface area (TPSA) is 45.4 Å². The van der Waals surface area contributed by atoms with Gasteiger partial charge in [-0.2, -0.15) is 0 Å². The molecule has 3 heteroatoms. The van der Waals surface area contributed by atoms with Crippen molar-refractivity contribution in [2.24, 2.45) is 0 Å². The summed E-state index contributed by atoms with van der Waals surface area (Å²) >= 11 is 0. The third-order valence-corrected chi connectivity index (χ3v) is 3.67. The normalized spacial score (nSPS) is 11.1. The Balaban J connectivity index is 1.74. The van der Waals surface area contributed by atoms with E-state index < -0.39 is 0 Å². The summed E-state index contributed by atoms with van der Waals surface area (Å²) in [4.78, 5) is 0. The first-order valence-electron chi connectivity index (χ1n) is 7.26. The maximum Gasteiger partial charge on any atom is 0.134 e. The Morgan fingerprint density at radius 3 is 2.52 bits per heavy atom. The van der Waals surface area contributed by atoms with Crippen LogP contribution in [0.25, 0.3) is 11.0 Å². The number of benzene rings is 2. The zero-order valence-corrected chi connectivity index (χ0v) is 12.1. The number of aromatic hydroxyl groups is 1. The van der Waals surface area contributed by atoms with Gasteiger partial charge in [-0.1, -0.05) is 37.3 Å². The van der Waals surface area contributed by atoms with Crippen LogP contribution in [0.3, 0.4) is 0 Å². The SMILES string of the molecule is CCc1oc2ccccc2c1CNCc1ccc(O)cc1. The smallest absolute Gasteiger partial charge is 0.134 e. The third-order valence-electron chi connectivity index (χ3n) is 3.67. The summed E-state index contributed by atoms with van der Waals surface area (Å²) in [6.07, 6.45) is 0.894. The predicted molar refractivity (Wildman–Crippen MR) is 84.2 cm³/mol. The van der Waals surface area contributed by atoms with Crippen LogP contribution in [0.4, 0.5) is 0 Å². The quantitative estimate of drug-likeness (QED) is 0.743. The average Bonchev–Trinajstić information content (AvgIpc) is 2.87. The van der Waals surface area contributed by atoms with Crippen LogP contribution in [-0.4, -0.2) is 5.11 Å². The highest BCUT2D eigenvalue weighted by molar-refractivity contribution is 5.82. The number of para-hydroxylation sites is 1. The molecule has 0 saturated heterocycles. The molecule has 0 radical (unpaired) electrons. The van der Waals surface area contributed by atoms with Gasteiger partial charge < -0.3 is 14.8 Å². The van der Waals surface area contributed by atoms with Crippen LogP contribution in [-0.2, 0) is 19.5 Å². The van der Waals surface area contributed by atoms with Crippen molar-refractivity contribution in [2.45, 2.75) is 26.4 Å². The van der Waals surface area contributed by atoms with Crippen molar-refractivity contribution in [3.05, 3.63) is 65.4 Å². The molecule has 0 bridgehead atoms. The molecular weight excluding hydrogens is 262 g/mol. The molecule has 2 N–H and O–H groups in total. The number of phenols is 1. The summed E-state index contributed by atoms with van der Waals surface area (Å²) in [5.74, 6) is 1.35. The molecule has 2 aromatic carbocycles. The molecule has 0 atom stereocenters. The molecule has 21 heavy (non-hydrogen) atoms. The second-order valence-electron chi connectivity index (χ2n) is 5.12. The fourth-order valence-electron chi connectivity index (χ4n) is 2.57. The Bertz CT molecular complexity index is 729. The van der Waals surface area contributed by atoms with E-state index >= 15 is 0 Å². The molecule has 108 valence electrons. The van der Waals surface area contributed by atoms with Crippen LogP contribution < -0.4 is 5.32 Å². The Morgan fingerprint density at radius 2 is 1.76 bits per heavy atom. The van der Waals surface area contributed by atoms with E-state index in [0.717, 1.165) is 36.4 Å². The molecule has 3 aromatic rings. The molecule has 3 rings (SSSR count). The molecule has 0 aliphatic heterocycles. The number of furan rings is 1. The van der Waals surface area contributed by atoms with Crippen molar-refractivity contribution < 1.29 is 9.52 Å². The van der Waals surface area contributed by atoms with Crippen molar-refractivity contribution in [2.75, 3.05) is 0 Å². The van der Waals surface area contributed by atoms with Crippen LogP contribution >= 0.6 is 0 Å². The summed E-state index contributed by atoms with van der Waals surface area (Å²) in [6.45, 7) is 3.66. The number of hydrogen-bond acceptors (Lipinski definition) is 3. The van der Waals surface area contributed by atoms with E-state index in [-0.39, 0.29) is 0 Å². The lowest BCUT2D eigenvalue weighted by Crippen LogP contribution is -2.13. The summed E-state index contributed by atoms with van der Waals surface area (Å²) < 4.78 is 5.89. The first-order chi connectivity index (χ1) is 10.3. The molecule has 3 nitrogen and oxygen atoms in total. The number of rotatable bonds is 5. The lowest BCUT2D eigenvalue weighted by Gasteiger charge is -2.06. The number of fused-ring (bicyclic) bond motifs is 1. The first-order valence-corrected chi connectivity index (χ1v) is 7.26. The molecule has 0 aliphatic carbocycles. The third kappa shape index (κ3) is 2.93. The Hall–Kier alpha value is -2.26. The standard InChI is InChI=1S/C18H19NO2/c1-2-17-16(15-5-3-4-6-18(15)21-17)12-19-11-13-7-9-14(20)10-8-13/h3-10,19-20H,2,11-12H2,1H3. The minimum atomic E-state index is 0.299. The van der Waals surface area contributed by atoms with E-state index in [1.54, 1.807) is 12.1 Å². The molecule has 0 amide bonds. The number of nitrogens with one attached hydrogen (secondary N) is 1. The highest BCUT2D eigenvalue weighted by Crippen LogP contribution is 2.26. The van der Waals surface area contributed by atoms with Crippen LogP contribution in [0, 0.1) is 0 Å². The molecule has 0 saturated carbocycles. The lowest BCUT2D eigenvalue weighted by atomic mass is 10.1. The highest BCUT2D eigenvalue weighted by Gasteiger charge is 2.11. The summed E-state index contributed by atoms with van der Waals surface area (Å²) in [5, 5.41) is 13.9. The molecule has 0 unspecified atom stereocenters. The highest BCUT2D eigenvalue weighted by atomic mass is 16.3. The number of aryl methyl sites for hydroxylation is 1. The second kappa shape index (κ2) is 6.02. The summed E-state index contributed by atoms with van der Waals surface area (Å²) in [5.41, 5.74) is 3.35. The number of hydrogen-bond donors (Lipinski definition) is 2. The van der Waals surface area contributed by atoms with Gasteiger partial charge in [-0.3, -0.25) is 0 Å². The molecular formula is C18H19NO2. The van der Waals surface area contributed by atoms with Crippen molar-refractivity contribution in [3.63, 3.8) is 0 Å². The van der Waals surface area contributed by atoms with Gasteiger partial charge in [0.2, 0.25) is 0 Å². The van der Waals surface area contributed by atoms with Crippen LogP contribution in [0.15, 0.2) is 52.9 Å². The van der Waals surface area contributed by atoms with Crippen LogP contribution in [0.5, 0.6) is 5.75 Å². The van der Waals surface area contributed by atoms with Crippen LogP contribution in [0.1, 0.15) is 23.8 Å². The van der Waals surface area contributed by atoms with Gasteiger partial charge in [-0.05, 0) is 23.8 Å². The van der Waals surface area contributed by atoms with Crippen molar-refractivity contribution >= 4 is 11.0 Å². The van der Waals surface area contributed by atoms with E-state index in [4.69, 9.17) is 4.42 Å². The number of phenolic OH excluding ortho intramolecular Hbond substituents is 1. The van der Waals surface area contributed by atoms with Gasteiger partial charge in [0.15, 0.2) is 0 Å². The van der Waals surface area contributed by atoms with Gasteiger partial charge in [0.05, 0.1) is 0 Å². The van der Waals surface area contributed by atoms with Gasteiger partial charge in [0, 0.05) is 30.5 Å². The molecule has 1 aromatic heterocycles. The average molecular weight is 281 g/mol. The van der Waals surface area contributed by atoms with Gasteiger partial charge in [-0.25, -0.2) is 0 Å². The van der Waals surface area contributed by atoms with Gasteiger partial charge in [0.25, 0.3) is 0 Å². The predicted octanol–water partition coefficient (Wildman–Crippen LogP) is 3.99. The van der Waals surface area contributed by atoms with Crippen molar-refractivity contribution in [3.8, 4) is 5.75 Å². The fourth-order valence-corrected chi connectivity index (χ4v) is 2.57. The van der Waals surface area contributed by atoms with Gasteiger partial charge >= 0.3 is 0 Å². The monoisotopic (exact) mass is 281 g/mol. The van der Waals surface area contributed by atoms with Gasteiger partial charge in [0.1, 0.15) is 17.1 Å². The molecule has 0 fully saturated rings. The van der Waals surface area contributed by atoms with E-state index in [1.807, 2.05) is 30.3 Å². The second-order valence-corrected chi connectivity index (χ2v) is 5.12. The maximum atomic E-state index is 9.29. The van der Waals surface area contributed by atoms with E-state index in [2.05, 4.69) is 18.3 Å². The largest absolute Gasteiger partial charge is 0.508 e. The van der Waals surface area contributed by atoms with E-state index in [9.17, 15) is 5.11 Å². The lowest BCUT2D eigenvalue weighted by molar-refractivity contribution is 0.475. The first kappa shape index (κ1) is 13.7. The Labute approximate surface area is 124 Å². The summed E-state index contributed by atoms with van der Waals surface area (Å²) in [6, 6.07) is 15.4. The Kier molecular flexibility index (Phi) is 3.93. The zero-order chi connectivity index (χ0) is 14.7. The minimum Gasteiger partial charge on any atom is -0.508 e. The van der Waals surface area contributed by atoms with E-state index in [0.29, 0.717) is 5.75 Å². The fraction of sp³-hybridized carbons (Fsp3) is 0.222. The molecule has 0 spiro atoms. The van der Waals surface area contributed by atoms with Crippen molar-refractivity contribution in [1.82, 2.24) is 5.32 Å². The minimum absolute atomic E-state index is 0.299.